The Hall–Kier alpha value is -5.21. The first-order valence-electron chi connectivity index (χ1n) is 12.5. The third-order valence-electron chi connectivity index (χ3n) is 6.63. The number of aromatic amines is 1. The number of rotatable bonds is 7. The first kappa shape index (κ1) is 26.0. The lowest BCUT2D eigenvalue weighted by Crippen LogP contribution is -2.29. The minimum atomic E-state index is -4.06. The lowest BCUT2D eigenvalue weighted by molar-refractivity contribution is 0.476. The van der Waals surface area contributed by atoms with Crippen molar-refractivity contribution < 1.29 is 13.5 Å². The van der Waals surface area contributed by atoms with Crippen molar-refractivity contribution in [2.45, 2.75) is 19.9 Å². The van der Waals surface area contributed by atoms with E-state index in [4.69, 9.17) is 10.2 Å². The number of anilines is 2. The molecule has 4 heterocycles. The fourth-order valence-electron chi connectivity index (χ4n) is 4.90. The molecule has 0 saturated heterocycles. The van der Waals surface area contributed by atoms with E-state index in [1.54, 1.807) is 21.5 Å². The number of hydrogen-bond acceptors (Lipinski definition) is 8. The van der Waals surface area contributed by atoms with Crippen molar-refractivity contribution in [1.82, 2.24) is 29.1 Å². The molecule has 1 atom stereocenters. The third-order valence-corrected chi connectivity index (χ3v) is 7.15. The van der Waals surface area contributed by atoms with Crippen LogP contribution in [0.5, 0.6) is 5.75 Å². The molecule has 6 aromatic rings. The van der Waals surface area contributed by atoms with Gasteiger partial charge in [0.15, 0.2) is 5.82 Å². The van der Waals surface area contributed by atoms with Gasteiger partial charge in [-0.15, -0.1) is 0 Å². The number of H-pyrrole nitrogens is 1. The van der Waals surface area contributed by atoms with Crippen LogP contribution in [0, 0.1) is 6.92 Å². The average molecular weight is 572 g/mol. The normalized spacial score (nSPS) is 12.6. The first-order chi connectivity index (χ1) is 19.6. The number of phenolic OH excluding ortho intramolecular Hbond substituents is 1. The molecule has 0 amide bonds. The van der Waals surface area contributed by atoms with Gasteiger partial charge in [-0.1, -0.05) is 18.2 Å². The Morgan fingerprint density at radius 1 is 1.10 bits per heavy atom. The van der Waals surface area contributed by atoms with Gasteiger partial charge in [0.25, 0.3) is 15.8 Å². The van der Waals surface area contributed by atoms with Gasteiger partial charge < -0.3 is 15.4 Å². The SMILES string of the molecule is Cc1ccn2nc([C@H](C)Nc3ncnc4[nH]cc(-c5cc(O)cc(NS(N)(=O)=O)c5)c34)n(-c3ccccc3)c(=O)c12. The van der Waals surface area contributed by atoms with Crippen LogP contribution in [0.2, 0.25) is 0 Å². The fraction of sp³-hybridized carbons (Fsp3) is 0.111. The van der Waals surface area contributed by atoms with Crippen molar-refractivity contribution in [3.8, 4) is 22.6 Å². The van der Waals surface area contributed by atoms with Crippen molar-refractivity contribution in [1.29, 1.82) is 0 Å². The summed E-state index contributed by atoms with van der Waals surface area (Å²) in [5.74, 6) is 0.708. The number of phenols is 1. The molecular formula is C27H25N9O4S. The molecule has 6 N–H and O–H groups in total. The van der Waals surface area contributed by atoms with Crippen LogP contribution in [0.1, 0.15) is 24.4 Å². The van der Waals surface area contributed by atoms with Crippen LogP contribution < -0.4 is 20.7 Å². The highest BCUT2D eigenvalue weighted by atomic mass is 32.2. The van der Waals surface area contributed by atoms with Crippen LogP contribution in [0.25, 0.3) is 33.4 Å². The molecule has 2 aromatic carbocycles. The summed E-state index contributed by atoms with van der Waals surface area (Å²) in [6, 6.07) is 14.9. The zero-order valence-electron chi connectivity index (χ0n) is 21.9. The van der Waals surface area contributed by atoms with Gasteiger partial charge in [0.2, 0.25) is 0 Å². The molecule has 6 rings (SSSR count). The standard InChI is InChI=1S/C27H25N9O4S/c1-15-8-9-35-23(15)27(38)36(19-6-4-3-5-7-19)26(33-35)16(2)32-25-22-21(13-29-24(22)30-14-31-25)17-10-18(12-20(37)11-17)34-41(28,39)40/h3-14,16,34,37H,1-2H3,(H2,28,39,40)(H2,29,30,31,32)/t16-/m0/s1. The van der Waals surface area contributed by atoms with Crippen LogP contribution in [-0.4, -0.2) is 42.7 Å². The number of nitrogens with two attached hydrogens (primary N) is 1. The Labute approximate surface area is 233 Å². The Morgan fingerprint density at radius 2 is 1.88 bits per heavy atom. The molecule has 0 bridgehead atoms. The van der Waals surface area contributed by atoms with E-state index in [1.807, 2.05) is 50.2 Å². The second-order valence-electron chi connectivity index (χ2n) is 9.56. The van der Waals surface area contributed by atoms with Crippen LogP contribution in [0.4, 0.5) is 11.5 Å². The number of nitrogens with one attached hydrogen (secondary N) is 3. The van der Waals surface area contributed by atoms with E-state index in [9.17, 15) is 18.3 Å². The van der Waals surface area contributed by atoms with Crippen molar-refractivity contribution in [3.63, 3.8) is 0 Å². The summed E-state index contributed by atoms with van der Waals surface area (Å²) >= 11 is 0. The van der Waals surface area contributed by atoms with E-state index < -0.39 is 16.3 Å². The Bertz CT molecular complexity index is 2100. The molecule has 0 aliphatic rings. The molecule has 0 spiro atoms. The average Bonchev–Trinajstić information content (AvgIpc) is 3.52. The zero-order valence-corrected chi connectivity index (χ0v) is 22.7. The minimum absolute atomic E-state index is 0.0861. The highest BCUT2D eigenvalue weighted by molar-refractivity contribution is 7.90. The lowest BCUT2D eigenvalue weighted by atomic mass is 10.0. The highest BCUT2D eigenvalue weighted by Crippen LogP contribution is 2.36. The molecule has 208 valence electrons. The molecule has 13 nitrogen and oxygen atoms in total. The van der Waals surface area contributed by atoms with Crippen molar-refractivity contribution in [2.75, 3.05) is 10.0 Å². The predicted molar refractivity (Wildman–Crippen MR) is 155 cm³/mol. The molecule has 41 heavy (non-hydrogen) atoms. The maximum Gasteiger partial charge on any atom is 0.296 e. The minimum Gasteiger partial charge on any atom is -0.508 e. The number of fused-ring (bicyclic) bond motifs is 2. The molecule has 0 fully saturated rings. The second-order valence-corrected chi connectivity index (χ2v) is 10.9. The monoisotopic (exact) mass is 571 g/mol. The van der Waals surface area contributed by atoms with Crippen molar-refractivity contribution in [3.05, 3.63) is 95.1 Å². The quantitative estimate of drug-likeness (QED) is 0.193. The number of aromatic hydroxyl groups is 1. The topological polar surface area (TPSA) is 185 Å². The largest absolute Gasteiger partial charge is 0.508 e. The van der Waals surface area contributed by atoms with Crippen molar-refractivity contribution >= 4 is 38.3 Å². The van der Waals surface area contributed by atoms with E-state index in [1.165, 1.54) is 24.5 Å². The smallest absolute Gasteiger partial charge is 0.296 e. The van der Waals surface area contributed by atoms with Crippen LogP contribution >= 0.6 is 0 Å². The number of aryl methyl sites for hydroxylation is 1. The second kappa shape index (κ2) is 9.76. The van der Waals surface area contributed by atoms with Gasteiger partial charge in [-0.05, 0) is 55.3 Å². The Kier molecular flexibility index (Phi) is 6.20. The lowest BCUT2D eigenvalue weighted by Gasteiger charge is -2.20. The van der Waals surface area contributed by atoms with Crippen LogP contribution in [-0.2, 0) is 10.2 Å². The molecule has 0 radical (unpaired) electrons. The van der Waals surface area contributed by atoms with Gasteiger partial charge in [-0.25, -0.2) is 19.6 Å². The molecule has 4 aromatic heterocycles. The van der Waals surface area contributed by atoms with E-state index in [0.29, 0.717) is 45.0 Å². The Morgan fingerprint density at radius 3 is 2.63 bits per heavy atom. The van der Waals surface area contributed by atoms with Gasteiger partial charge in [0, 0.05) is 24.0 Å². The fourth-order valence-corrected chi connectivity index (χ4v) is 5.34. The molecule has 0 saturated carbocycles. The van der Waals surface area contributed by atoms with Gasteiger partial charge in [-0.3, -0.25) is 14.1 Å². The van der Waals surface area contributed by atoms with E-state index >= 15 is 0 Å². The van der Waals surface area contributed by atoms with E-state index in [0.717, 1.165) is 5.56 Å². The molecular weight excluding hydrogens is 546 g/mol. The summed E-state index contributed by atoms with van der Waals surface area (Å²) < 4.78 is 28.5. The maximum absolute atomic E-state index is 13.7. The predicted octanol–water partition coefficient (Wildman–Crippen LogP) is 3.23. The van der Waals surface area contributed by atoms with Gasteiger partial charge >= 0.3 is 0 Å². The molecule has 0 aliphatic heterocycles. The maximum atomic E-state index is 13.7. The molecule has 14 heteroatoms. The number of para-hydroxylation sites is 1. The van der Waals surface area contributed by atoms with Crippen LogP contribution in [0.3, 0.4) is 0 Å². The Balaban J connectivity index is 1.47. The molecule has 0 unspecified atom stereocenters. The van der Waals surface area contributed by atoms with Crippen molar-refractivity contribution in [2.24, 2.45) is 5.14 Å². The van der Waals surface area contributed by atoms with Gasteiger partial charge in [-0.2, -0.15) is 13.5 Å². The van der Waals surface area contributed by atoms with E-state index in [2.05, 4.69) is 25.0 Å². The number of nitrogens with zero attached hydrogens (tertiary/aromatic N) is 5. The zero-order chi connectivity index (χ0) is 28.9. The molecule has 0 aliphatic carbocycles. The van der Waals surface area contributed by atoms with Gasteiger partial charge in [0.1, 0.15) is 29.1 Å². The number of hydrogen-bond donors (Lipinski definition) is 5. The first-order valence-corrected chi connectivity index (χ1v) is 14.0. The summed E-state index contributed by atoms with van der Waals surface area (Å²) in [5.41, 5.74) is 3.42. The summed E-state index contributed by atoms with van der Waals surface area (Å²) in [6.45, 7) is 3.73. The summed E-state index contributed by atoms with van der Waals surface area (Å²) in [7, 11) is -4.06. The van der Waals surface area contributed by atoms with Crippen LogP contribution in [0.15, 0.2) is 78.1 Å². The van der Waals surface area contributed by atoms with Gasteiger partial charge in [0.05, 0.1) is 22.8 Å². The summed E-state index contributed by atoms with van der Waals surface area (Å²) in [5, 5.41) is 24.2. The highest BCUT2D eigenvalue weighted by Gasteiger charge is 2.22. The number of benzene rings is 2. The van der Waals surface area contributed by atoms with E-state index in [-0.39, 0.29) is 17.0 Å². The number of aromatic nitrogens is 6. The summed E-state index contributed by atoms with van der Waals surface area (Å²) in [6.07, 6.45) is 4.82. The third kappa shape index (κ3) is 4.85. The summed E-state index contributed by atoms with van der Waals surface area (Å²) in [4.78, 5) is 25.6.